The number of β-amino-alcohol motifs (C(OH)–C–C–N with tert-alkyl or cyclic N) is 1. The second-order valence-electron chi connectivity index (χ2n) is 7.04. The van der Waals surface area contributed by atoms with Gasteiger partial charge in [0.15, 0.2) is 17.3 Å². The lowest BCUT2D eigenvalue weighted by molar-refractivity contribution is 0.0316. The molecule has 0 saturated carbocycles. The molecule has 1 aromatic rings. The van der Waals surface area contributed by atoms with E-state index in [-0.39, 0.29) is 24.5 Å². The molecule has 0 spiro atoms. The molecule has 1 aliphatic heterocycles. The maximum Gasteiger partial charge on any atom is 0.191 e. The molecule has 0 radical (unpaired) electrons. The highest BCUT2D eigenvalue weighted by Gasteiger charge is 2.29. The Labute approximate surface area is 143 Å². The summed E-state index contributed by atoms with van der Waals surface area (Å²) in [4.78, 5) is 12.2. The Morgan fingerprint density at radius 1 is 1.42 bits per heavy atom. The van der Waals surface area contributed by atoms with Crippen molar-refractivity contribution >= 4 is 5.78 Å². The van der Waals surface area contributed by atoms with E-state index in [0.29, 0.717) is 29.2 Å². The number of nitrogens with one attached hydrogen (secondary N) is 1. The van der Waals surface area contributed by atoms with Crippen molar-refractivity contribution in [1.82, 2.24) is 5.32 Å². The fraction of sp³-hybridized carbons (Fsp3) is 0.611. The number of carbonyl (C=O) groups is 1. The summed E-state index contributed by atoms with van der Waals surface area (Å²) in [6, 6.07) is 3.45. The van der Waals surface area contributed by atoms with Crippen molar-refractivity contribution in [2.24, 2.45) is 0 Å². The van der Waals surface area contributed by atoms with Crippen LogP contribution in [-0.4, -0.2) is 48.9 Å². The summed E-state index contributed by atoms with van der Waals surface area (Å²) in [5.41, 5.74) is 1.18. The first-order chi connectivity index (χ1) is 11.2. The van der Waals surface area contributed by atoms with Crippen molar-refractivity contribution in [2.75, 3.05) is 20.3 Å². The monoisotopic (exact) mass is 337 g/mol. The van der Waals surface area contributed by atoms with Crippen LogP contribution in [0.5, 0.6) is 11.5 Å². The molecule has 24 heavy (non-hydrogen) atoms. The number of ketones is 1. The SMILES string of the molecule is COc1ccc2c(c1OCC(O)CNC(C)(C)C)COC(C)C2=O. The Morgan fingerprint density at radius 2 is 2.12 bits per heavy atom. The highest BCUT2D eigenvalue weighted by atomic mass is 16.5. The van der Waals surface area contributed by atoms with Gasteiger partial charge in [-0.1, -0.05) is 0 Å². The van der Waals surface area contributed by atoms with Crippen LogP contribution in [0.15, 0.2) is 12.1 Å². The summed E-state index contributed by atoms with van der Waals surface area (Å²) in [5.74, 6) is 0.916. The van der Waals surface area contributed by atoms with Gasteiger partial charge in [-0.05, 0) is 39.8 Å². The van der Waals surface area contributed by atoms with Crippen molar-refractivity contribution < 1.29 is 24.1 Å². The molecule has 134 valence electrons. The molecular weight excluding hydrogens is 310 g/mol. The number of Topliss-reactive ketones (excluding diaryl/α,β-unsaturated/α-hetero) is 1. The Kier molecular flexibility index (Phi) is 5.85. The summed E-state index contributed by atoms with van der Waals surface area (Å²) in [5, 5.41) is 13.3. The molecule has 2 rings (SSSR count). The maximum absolute atomic E-state index is 12.2. The van der Waals surface area contributed by atoms with Gasteiger partial charge in [-0.2, -0.15) is 0 Å². The molecule has 0 aromatic heterocycles. The number of aliphatic hydroxyl groups is 1. The summed E-state index contributed by atoms with van der Waals surface area (Å²) in [6.45, 7) is 8.61. The van der Waals surface area contributed by atoms with Crippen LogP contribution in [0.2, 0.25) is 0 Å². The first-order valence-electron chi connectivity index (χ1n) is 8.14. The molecule has 0 saturated heterocycles. The van der Waals surface area contributed by atoms with Gasteiger partial charge in [0.1, 0.15) is 18.8 Å². The minimum absolute atomic E-state index is 0.0706. The van der Waals surface area contributed by atoms with Crippen LogP contribution >= 0.6 is 0 Å². The number of hydrogen-bond acceptors (Lipinski definition) is 6. The van der Waals surface area contributed by atoms with Crippen LogP contribution < -0.4 is 14.8 Å². The number of benzene rings is 1. The van der Waals surface area contributed by atoms with Crippen LogP contribution in [0.25, 0.3) is 0 Å². The average molecular weight is 337 g/mol. The molecule has 0 bridgehead atoms. The van der Waals surface area contributed by atoms with Crippen molar-refractivity contribution in [3.05, 3.63) is 23.3 Å². The van der Waals surface area contributed by atoms with E-state index >= 15 is 0 Å². The molecule has 6 nitrogen and oxygen atoms in total. The number of fused-ring (bicyclic) bond motifs is 1. The van der Waals surface area contributed by atoms with Gasteiger partial charge in [-0.15, -0.1) is 0 Å². The van der Waals surface area contributed by atoms with E-state index in [4.69, 9.17) is 14.2 Å². The normalized spacial score (nSPS) is 18.9. The van der Waals surface area contributed by atoms with E-state index in [9.17, 15) is 9.90 Å². The van der Waals surface area contributed by atoms with Crippen LogP contribution in [0.1, 0.15) is 43.6 Å². The lowest BCUT2D eigenvalue weighted by atomic mass is 9.97. The predicted molar refractivity (Wildman–Crippen MR) is 90.8 cm³/mol. The Hall–Kier alpha value is -1.63. The molecule has 0 aliphatic carbocycles. The second-order valence-corrected chi connectivity index (χ2v) is 7.04. The van der Waals surface area contributed by atoms with Crippen LogP contribution in [0.3, 0.4) is 0 Å². The van der Waals surface area contributed by atoms with Gasteiger partial charge in [-0.25, -0.2) is 0 Å². The van der Waals surface area contributed by atoms with E-state index < -0.39 is 12.2 Å². The van der Waals surface area contributed by atoms with Crippen molar-refractivity contribution in [2.45, 2.75) is 52.0 Å². The number of rotatable bonds is 6. The molecule has 1 aliphatic rings. The topological polar surface area (TPSA) is 77.0 Å². The number of methoxy groups -OCH3 is 1. The van der Waals surface area contributed by atoms with Gasteiger partial charge in [-0.3, -0.25) is 4.79 Å². The Bertz CT molecular complexity index is 594. The minimum atomic E-state index is -0.677. The summed E-state index contributed by atoms with van der Waals surface area (Å²) >= 11 is 0. The molecule has 6 heteroatoms. The van der Waals surface area contributed by atoms with Gasteiger partial charge in [0.05, 0.1) is 13.7 Å². The van der Waals surface area contributed by atoms with Gasteiger partial charge < -0.3 is 24.6 Å². The highest BCUT2D eigenvalue weighted by molar-refractivity contribution is 6.02. The molecule has 2 unspecified atom stereocenters. The first-order valence-corrected chi connectivity index (χ1v) is 8.14. The zero-order valence-electron chi connectivity index (χ0n) is 15.0. The minimum Gasteiger partial charge on any atom is -0.493 e. The zero-order valence-corrected chi connectivity index (χ0v) is 15.0. The first kappa shape index (κ1) is 18.7. The molecule has 0 amide bonds. The Morgan fingerprint density at radius 3 is 2.75 bits per heavy atom. The lowest BCUT2D eigenvalue weighted by Gasteiger charge is -2.26. The van der Waals surface area contributed by atoms with Gasteiger partial charge in [0.25, 0.3) is 0 Å². The third-order valence-corrected chi connectivity index (χ3v) is 3.84. The number of hydrogen-bond donors (Lipinski definition) is 2. The molecule has 0 fully saturated rings. The van der Waals surface area contributed by atoms with Gasteiger partial charge in [0.2, 0.25) is 0 Å². The zero-order chi connectivity index (χ0) is 17.9. The maximum atomic E-state index is 12.2. The highest BCUT2D eigenvalue weighted by Crippen LogP contribution is 2.37. The number of carbonyl (C=O) groups excluding carboxylic acids is 1. The summed E-state index contributed by atoms with van der Waals surface area (Å²) in [6.07, 6.45) is -1.13. The fourth-order valence-electron chi connectivity index (χ4n) is 2.46. The molecular formula is C18H27NO5. The van der Waals surface area contributed by atoms with E-state index in [1.165, 1.54) is 0 Å². The van der Waals surface area contributed by atoms with Gasteiger partial charge >= 0.3 is 0 Å². The van der Waals surface area contributed by atoms with E-state index in [2.05, 4.69) is 5.32 Å². The summed E-state index contributed by atoms with van der Waals surface area (Å²) < 4.78 is 16.6. The van der Waals surface area contributed by atoms with E-state index in [1.54, 1.807) is 26.2 Å². The molecule has 2 N–H and O–H groups in total. The predicted octanol–water partition coefficient (Wildman–Crippen LogP) is 1.92. The van der Waals surface area contributed by atoms with Crippen LogP contribution in [0.4, 0.5) is 0 Å². The van der Waals surface area contributed by atoms with Crippen molar-refractivity contribution in [3.63, 3.8) is 0 Å². The Balaban J connectivity index is 2.13. The third-order valence-electron chi connectivity index (χ3n) is 3.84. The summed E-state index contributed by atoms with van der Waals surface area (Å²) in [7, 11) is 1.54. The van der Waals surface area contributed by atoms with E-state index in [1.807, 2.05) is 20.8 Å². The van der Waals surface area contributed by atoms with Crippen LogP contribution in [-0.2, 0) is 11.3 Å². The standard InChI is InChI=1S/C18H27NO5/c1-11-16(21)13-6-7-15(22-5)17(14(13)10-23-11)24-9-12(20)8-19-18(2,3)4/h6-7,11-12,19-20H,8-10H2,1-5H3. The molecule has 1 heterocycles. The average Bonchev–Trinajstić information content (AvgIpc) is 2.53. The van der Waals surface area contributed by atoms with E-state index in [0.717, 1.165) is 0 Å². The van der Waals surface area contributed by atoms with Gasteiger partial charge in [0, 0.05) is 23.2 Å². The van der Waals surface area contributed by atoms with Crippen molar-refractivity contribution in [1.29, 1.82) is 0 Å². The smallest absolute Gasteiger partial charge is 0.191 e. The largest absolute Gasteiger partial charge is 0.493 e. The number of ether oxygens (including phenoxy) is 3. The second kappa shape index (κ2) is 7.51. The quantitative estimate of drug-likeness (QED) is 0.826. The van der Waals surface area contributed by atoms with Crippen LogP contribution in [0, 0.1) is 0 Å². The third kappa shape index (κ3) is 4.47. The van der Waals surface area contributed by atoms with Crippen molar-refractivity contribution in [3.8, 4) is 11.5 Å². The molecule has 2 atom stereocenters. The lowest BCUT2D eigenvalue weighted by Crippen LogP contribution is -2.42. The molecule has 1 aromatic carbocycles. The number of aliphatic hydroxyl groups excluding tert-OH is 1. The fourth-order valence-corrected chi connectivity index (χ4v) is 2.46.